The number of hydrogen-bond acceptors (Lipinski definition) is 6. The number of hydrogen-bond donors (Lipinski definition) is 1. The van der Waals surface area contributed by atoms with Crippen LogP contribution in [0.5, 0.6) is 5.75 Å². The van der Waals surface area contributed by atoms with Crippen LogP contribution >= 0.6 is 0 Å². The van der Waals surface area contributed by atoms with Gasteiger partial charge in [0.1, 0.15) is 11.6 Å². The van der Waals surface area contributed by atoms with Crippen LogP contribution in [0.25, 0.3) is 11.0 Å². The molecule has 0 bridgehead atoms. The third kappa shape index (κ3) is 12.5. The highest BCUT2D eigenvalue weighted by Crippen LogP contribution is 2.26. The molecule has 40 heavy (non-hydrogen) atoms. The van der Waals surface area contributed by atoms with E-state index in [-0.39, 0.29) is 12.4 Å². The van der Waals surface area contributed by atoms with Gasteiger partial charge in [-0.25, -0.2) is 9.78 Å². The Hall–Kier alpha value is -3.60. The first kappa shape index (κ1) is 36.4. The number of nitrogens with zero attached hydrogens (tertiary/aromatic N) is 3. The van der Waals surface area contributed by atoms with Gasteiger partial charge in [-0.2, -0.15) is 4.99 Å². The van der Waals surface area contributed by atoms with Gasteiger partial charge in [0.25, 0.3) is 0 Å². The first-order valence-corrected chi connectivity index (χ1v) is 13.5. The van der Waals surface area contributed by atoms with Crippen LogP contribution in [0, 0.1) is 0 Å². The summed E-state index contributed by atoms with van der Waals surface area (Å²) in [6, 6.07) is 10.5. The minimum atomic E-state index is -4.78. The number of carbonyl (C=O) groups is 1. The van der Waals surface area contributed by atoms with Gasteiger partial charge in [-0.3, -0.25) is 0 Å². The summed E-state index contributed by atoms with van der Waals surface area (Å²) in [5.41, 5.74) is 2.02. The standard InChI is InChI=1S/C22H23F3N4O4.C3H8.2C2H6/c1-4-32-20(30)15-8-9-19-18(12-15)28-21(29(19)10-11-31-3)27-14(2)26-16-6-5-7-17(13-16)33-22(23,24)25;1-3-2;2*1-2/h5-9,12-13H,4,10-11H2,1-3H3,(H,26,27,28);3H2,1-2H3;2*1-2H3. The largest absolute Gasteiger partial charge is 0.573 e. The van der Waals surface area contributed by atoms with Crippen molar-refractivity contribution in [1.29, 1.82) is 0 Å². The fraction of sp³-hybridized carbons (Fsp3) is 0.483. The Labute approximate surface area is 235 Å². The molecule has 0 aliphatic heterocycles. The number of carbonyl (C=O) groups excluding carboxylic acids is 1. The van der Waals surface area contributed by atoms with Crippen molar-refractivity contribution in [3.05, 3.63) is 48.0 Å². The summed E-state index contributed by atoms with van der Waals surface area (Å²) >= 11 is 0. The Morgan fingerprint density at radius 3 is 2.27 bits per heavy atom. The monoisotopic (exact) mass is 568 g/mol. The molecule has 1 N–H and O–H groups in total. The number of fused-ring (bicyclic) bond motifs is 1. The highest BCUT2D eigenvalue weighted by molar-refractivity contribution is 5.96. The van der Waals surface area contributed by atoms with E-state index < -0.39 is 12.3 Å². The molecule has 3 rings (SSSR count). The molecule has 11 heteroatoms. The molecular formula is C29H43F3N4O4. The number of methoxy groups -OCH3 is 1. The Balaban J connectivity index is 0.00000199. The van der Waals surface area contributed by atoms with E-state index in [2.05, 4.69) is 33.9 Å². The topological polar surface area (TPSA) is 87.0 Å². The zero-order valence-corrected chi connectivity index (χ0v) is 25.0. The summed E-state index contributed by atoms with van der Waals surface area (Å²) in [7, 11) is 1.57. The van der Waals surface area contributed by atoms with E-state index in [1.54, 1.807) is 45.2 Å². The highest BCUT2D eigenvalue weighted by Gasteiger charge is 2.31. The van der Waals surface area contributed by atoms with Crippen molar-refractivity contribution in [3.63, 3.8) is 0 Å². The van der Waals surface area contributed by atoms with Crippen LogP contribution in [0.15, 0.2) is 47.5 Å². The molecule has 0 aliphatic rings. The molecule has 0 fully saturated rings. The lowest BCUT2D eigenvalue weighted by Crippen LogP contribution is -2.17. The number of halogens is 3. The van der Waals surface area contributed by atoms with Gasteiger partial charge in [-0.05, 0) is 44.2 Å². The Kier molecular flexibility index (Phi) is 17.7. The summed E-state index contributed by atoms with van der Waals surface area (Å²) < 4.78 is 53.4. The number of amidine groups is 1. The summed E-state index contributed by atoms with van der Waals surface area (Å²) in [5, 5.41) is 2.93. The predicted molar refractivity (Wildman–Crippen MR) is 156 cm³/mol. The molecule has 0 aliphatic carbocycles. The number of nitrogens with one attached hydrogen (secondary N) is 1. The molecule has 1 aromatic heterocycles. The van der Waals surface area contributed by atoms with Crippen molar-refractivity contribution < 1.29 is 32.2 Å². The predicted octanol–water partition coefficient (Wildman–Crippen LogP) is 8.39. The van der Waals surface area contributed by atoms with E-state index in [1.807, 2.05) is 32.3 Å². The summed E-state index contributed by atoms with van der Waals surface area (Å²) in [4.78, 5) is 21.0. The van der Waals surface area contributed by atoms with E-state index in [0.29, 0.717) is 41.7 Å². The smallest absolute Gasteiger partial charge is 0.462 e. The van der Waals surface area contributed by atoms with Crippen molar-refractivity contribution in [2.75, 3.05) is 25.6 Å². The third-order valence-electron chi connectivity index (χ3n) is 4.42. The van der Waals surface area contributed by atoms with Gasteiger partial charge in [0, 0.05) is 25.4 Å². The number of rotatable bonds is 8. The second-order valence-electron chi connectivity index (χ2n) is 7.59. The number of benzene rings is 2. The lowest BCUT2D eigenvalue weighted by atomic mass is 10.2. The number of esters is 1. The Morgan fingerprint density at radius 1 is 1.05 bits per heavy atom. The van der Waals surface area contributed by atoms with Gasteiger partial charge in [0.2, 0.25) is 5.95 Å². The molecule has 0 radical (unpaired) electrons. The molecule has 0 unspecified atom stereocenters. The van der Waals surface area contributed by atoms with E-state index in [9.17, 15) is 18.0 Å². The van der Waals surface area contributed by atoms with Crippen molar-refractivity contribution in [1.82, 2.24) is 9.55 Å². The zero-order chi connectivity index (χ0) is 30.7. The number of aliphatic imine (C=N–C) groups is 1. The van der Waals surface area contributed by atoms with Crippen molar-refractivity contribution in [3.8, 4) is 5.75 Å². The number of alkyl halides is 3. The Bertz CT molecular complexity index is 1180. The van der Waals surface area contributed by atoms with Crippen molar-refractivity contribution >= 4 is 34.5 Å². The van der Waals surface area contributed by atoms with E-state index in [4.69, 9.17) is 9.47 Å². The van der Waals surface area contributed by atoms with Gasteiger partial charge in [-0.1, -0.05) is 54.0 Å². The first-order chi connectivity index (χ1) is 19.1. The van der Waals surface area contributed by atoms with E-state index in [1.165, 1.54) is 24.6 Å². The van der Waals surface area contributed by atoms with Crippen LogP contribution in [0.3, 0.4) is 0 Å². The van der Waals surface area contributed by atoms with Crippen LogP contribution in [0.4, 0.5) is 24.8 Å². The van der Waals surface area contributed by atoms with Crippen molar-refractivity contribution in [2.45, 2.75) is 74.7 Å². The molecule has 224 valence electrons. The molecule has 0 saturated heterocycles. The quantitative estimate of drug-likeness (QED) is 0.167. The maximum Gasteiger partial charge on any atom is 0.573 e. The minimum absolute atomic E-state index is 0.259. The van der Waals surface area contributed by atoms with E-state index >= 15 is 0 Å². The van der Waals surface area contributed by atoms with Crippen LogP contribution < -0.4 is 10.1 Å². The second-order valence-corrected chi connectivity index (χ2v) is 7.59. The van der Waals surface area contributed by atoms with Crippen molar-refractivity contribution in [2.24, 2.45) is 4.99 Å². The fourth-order valence-corrected chi connectivity index (χ4v) is 3.10. The SMILES string of the molecule is CC.CC.CCC.CCOC(=O)c1ccc2c(c1)nc(/N=C(/C)Nc1cccc(OC(F)(F)F)c1)n2CCOC. The Morgan fingerprint density at radius 2 is 1.70 bits per heavy atom. The number of ether oxygens (including phenoxy) is 3. The first-order valence-electron chi connectivity index (χ1n) is 13.5. The number of aromatic nitrogens is 2. The summed E-state index contributed by atoms with van der Waals surface area (Å²) in [6.45, 7) is 16.7. The van der Waals surface area contributed by atoms with Gasteiger partial charge in [0.05, 0.1) is 29.8 Å². The molecule has 0 amide bonds. The third-order valence-corrected chi connectivity index (χ3v) is 4.42. The average Bonchev–Trinajstić information content (AvgIpc) is 3.25. The minimum Gasteiger partial charge on any atom is -0.462 e. The van der Waals surface area contributed by atoms with Crippen LogP contribution in [0.2, 0.25) is 0 Å². The molecule has 2 aromatic carbocycles. The normalized spacial score (nSPS) is 10.8. The maximum absolute atomic E-state index is 12.5. The lowest BCUT2D eigenvalue weighted by molar-refractivity contribution is -0.274. The van der Waals surface area contributed by atoms with Gasteiger partial charge in [-0.15, -0.1) is 13.2 Å². The molecule has 0 saturated carbocycles. The highest BCUT2D eigenvalue weighted by atomic mass is 19.4. The molecular weight excluding hydrogens is 525 g/mol. The fourth-order valence-electron chi connectivity index (χ4n) is 3.10. The summed E-state index contributed by atoms with van der Waals surface area (Å²) in [5.74, 6) is -0.0664. The molecule has 0 atom stereocenters. The lowest BCUT2D eigenvalue weighted by Gasteiger charge is -2.11. The summed E-state index contributed by atoms with van der Waals surface area (Å²) in [6.07, 6.45) is -3.53. The molecule has 8 nitrogen and oxygen atoms in total. The molecule has 1 heterocycles. The van der Waals surface area contributed by atoms with Gasteiger partial charge < -0.3 is 24.1 Å². The zero-order valence-electron chi connectivity index (χ0n) is 25.0. The van der Waals surface area contributed by atoms with Gasteiger partial charge in [0.15, 0.2) is 0 Å². The second kappa shape index (κ2) is 19.5. The van der Waals surface area contributed by atoms with Crippen LogP contribution in [0.1, 0.15) is 72.2 Å². The molecule has 0 spiro atoms. The average molecular weight is 569 g/mol. The van der Waals surface area contributed by atoms with E-state index in [0.717, 1.165) is 5.52 Å². The van der Waals surface area contributed by atoms with Crippen LogP contribution in [-0.4, -0.2) is 48.0 Å². The van der Waals surface area contributed by atoms with Crippen LogP contribution in [-0.2, 0) is 16.0 Å². The maximum atomic E-state index is 12.5. The van der Waals surface area contributed by atoms with Gasteiger partial charge >= 0.3 is 12.3 Å². The number of imidazole rings is 1. The number of anilines is 1. The molecule has 3 aromatic rings.